The number of rotatable bonds is 11. The van der Waals surface area contributed by atoms with Crippen LogP contribution in [-0.2, 0) is 14.3 Å². The summed E-state index contributed by atoms with van der Waals surface area (Å²) in [6.45, 7) is 8.43. The molecule has 0 aliphatic heterocycles. The minimum atomic E-state index is -0.168. The molecular weight excluding hydrogens is 244 g/mol. The zero-order valence-corrected chi connectivity index (χ0v) is 12.5. The van der Waals surface area contributed by atoms with Crippen molar-refractivity contribution in [1.82, 2.24) is 10.2 Å². The topological polar surface area (TPSA) is 50.8 Å². The molecule has 0 bridgehead atoms. The first-order valence-electron chi connectivity index (χ1n) is 7.35. The number of carbonyl (C=O) groups is 1. The SMILES string of the molecule is CCOCCN(CC)CCC(NC1CC1)C(=O)OC. The highest BCUT2D eigenvalue weighted by atomic mass is 16.5. The molecular formula is C14H28N2O3. The Morgan fingerprint density at radius 2 is 2.11 bits per heavy atom. The molecule has 0 radical (unpaired) electrons. The van der Waals surface area contributed by atoms with Gasteiger partial charge >= 0.3 is 5.97 Å². The predicted octanol–water partition coefficient (Wildman–Crippen LogP) is 1.03. The molecule has 1 saturated carbocycles. The van der Waals surface area contributed by atoms with Gasteiger partial charge in [-0.1, -0.05) is 6.92 Å². The van der Waals surface area contributed by atoms with Crippen LogP contribution in [-0.4, -0.2) is 62.9 Å². The molecule has 1 N–H and O–H groups in total. The van der Waals surface area contributed by atoms with Crippen molar-refractivity contribution >= 4 is 5.97 Å². The van der Waals surface area contributed by atoms with Gasteiger partial charge in [-0.3, -0.25) is 4.79 Å². The third-order valence-electron chi connectivity index (χ3n) is 3.44. The van der Waals surface area contributed by atoms with Crippen LogP contribution in [0.2, 0.25) is 0 Å². The fourth-order valence-corrected chi connectivity index (χ4v) is 2.02. The summed E-state index contributed by atoms with van der Waals surface area (Å²) in [4.78, 5) is 14.0. The number of nitrogens with zero attached hydrogens (tertiary/aromatic N) is 1. The number of hydrogen-bond donors (Lipinski definition) is 1. The van der Waals surface area contributed by atoms with Gasteiger partial charge in [0.2, 0.25) is 0 Å². The first-order chi connectivity index (χ1) is 9.21. The van der Waals surface area contributed by atoms with E-state index in [4.69, 9.17) is 9.47 Å². The third-order valence-corrected chi connectivity index (χ3v) is 3.44. The van der Waals surface area contributed by atoms with E-state index < -0.39 is 0 Å². The van der Waals surface area contributed by atoms with E-state index in [1.807, 2.05) is 6.92 Å². The van der Waals surface area contributed by atoms with Crippen LogP contribution in [0.15, 0.2) is 0 Å². The predicted molar refractivity (Wildman–Crippen MR) is 75.2 cm³/mol. The van der Waals surface area contributed by atoms with Crippen molar-refractivity contribution in [3.8, 4) is 0 Å². The summed E-state index contributed by atoms with van der Waals surface area (Å²) in [6.07, 6.45) is 3.15. The Hall–Kier alpha value is -0.650. The number of carbonyl (C=O) groups excluding carboxylic acids is 1. The van der Waals surface area contributed by atoms with E-state index in [0.29, 0.717) is 6.04 Å². The van der Waals surface area contributed by atoms with Crippen LogP contribution in [0.5, 0.6) is 0 Å². The molecule has 112 valence electrons. The highest BCUT2D eigenvalue weighted by molar-refractivity contribution is 5.75. The van der Waals surface area contributed by atoms with E-state index in [1.54, 1.807) is 0 Å². The second-order valence-electron chi connectivity index (χ2n) is 4.94. The highest BCUT2D eigenvalue weighted by Gasteiger charge is 2.28. The fraction of sp³-hybridized carbons (Fsp3) is 0.929. The minimum absolute atomic E-state index is 0.146. The summed E-state index contributed by atoms with van der Waals surface area (Å²) in [7, 11) is 1.45. The summed E-state index contributed by atoms with van der Waals surface area (Å²) in [6, 6.07) is 0.348. The molecule has 0 spiro atoms. The number of esters is 1. The lowest BCUT2D eigenvalue weighted by atomic mass is 10.2. The van der Waals surface area contributed by atoms with Crippen LogP contribution in [0, 0.1) is 0 Å². The summed E-state index contributed by atoms with van der Waals surface area (Å²) in [5.74, 6) is -0.146. The van der Waals surface area contributed by atoms with Crippen LogP contribution >= 0.6 is 0 Å². The Balaban J connectivity index is 2.28. The molecule has 1 aliphatic carbocycles. The zero-order valence-electron chi connectivity index (χ0n) is 12.5. The van der Waals surface area contributed by atoms with Crippen molar-refractivity contribution in [2.45, 2.75) is 45.2 Å². The lowest BCUT2D eigenvalue weighted by molar-refractivity contribution is -0.143. The normalized spacial score (nSPS) is 16.6. The van der Waals surface area contributed by atoms with Gasteiger partial charge in [0.15, 0.2) is 0 Å². The van der Waals surface area contributed by atoms with Gasteiger partial charge in [-0.2, -0.15) is 0 Å². The van der Waals surface area contributed by atoms with Gasteiger partial charge < -0.3 is 19.7 Å². The monoisotopic (exact) mass is 272 g/mol. The minimum Gasteiger partial charge on any atom is -0.468 e. The van der Waals surface area contributed by atoms with Crippen molar-refractivity contribution in [2.75, 3.05) is 40.0 Å². The lowest BCUT2D eigenvalue weighted by Gasteiger charge is -2.23. The van der Waals surface area contributed by atoms with Gasteiger partial charge in [0.05, 0.1) is 13.7 Å². The molecule has 19 heavy (non-hydrogen) atoms. The van der Waals surface area contributed by atoms with Crippen molar-refractivity contribution in [3.05, 3.63) is 0 Å². The largest absolute Gasteiger partial charge is 0.468 e. The first kappa shape index (κ1) is 16.4. The molecule has 1 fully saturated rings. The van der Waals surface area contributed by atoms with E-state index in [-0.39, 0.29) is 12.0 Å². The lowest BCUT2D eigenvalue weighted by Crippen LogP contribution is -2.42. The van der Waals surface area contributed by atoms with Gasteiger partial charge in [0.25, 0.3) is 0 Å². The van der Waals surface area contributed by atoms with Crippen LogP contribution < -0.4 is 5.32 Å². The van der Waals surface area contributed by atoms with E-state index >= 15 is 0 Å². The van der Waals surface area contributed by atoms with Gasteiger partial charge in [-0.15, -0.1) is 0 Å². The molecule has 5 heteroatoms. The van der Waals surface area contributed by atoms with E-state index in [0.717, 1.165) is 39.3 Å². The second kappa shape index (κ2) is 9.28. The summed E-state index contributed by atoms with van der Waals surface area (Å²) >= 11 is 0. The molecule has 1 aliphatic rings. The molecule has 0 heterocycles. The number of nitrogens with one attached hydrogen (secondary N) is 1. The number of ether oxygens (including phenoxy) is 2. The molecule has 1 atom stereocenters. The molecule has 0 saturated heterocycles. The van der Waals surface area contributed by atoms with Gasteiger partial charge in [-0.25, -0.2) is 0 Å². The maximum atomic E-state index is 11.7. The molecule has 5 nitrogen and oxygen atoms in total. The maximum Gasteiger partial charge on any atom is 0.322 e. The smallest absolute Gasteiger partial charge is 0.322 e. The maximum absolute atomic E-state index is 11.7. The van der Waals surface area contributed by atoms with Gasteiger partial charge in [-0.05, 0) is 32.7 Å². The average Bonchev–Trinajstić information content (AvgIpc) is 3.24. The molecule has 0 aromatic rings. The summed E-state index contributed by atoms with van der Waals surface area (Å²) in [5.41, 5.74) is 0. The molecule has 1 rings (SSSR count). The molecule has 1 unspecified atom stereocenters. The Morgan fingerprint density at radius 1 is 1.37 bits per heavy atom. The molecule has 0 aromatic heterocycles. The van der Waals surface area contributed by atoms with E-state index in [2.05, 4.69) is 17.1 Å². The van der Waals surface area contributed by atoms with Crippen molar-refractivity contribution in [2.24, 2.45) is 0 Å². The van der Waals surface area contributed by atoms with Crippen molar-refractivity contribution < 1.29 is 14.3 Å². The molecule has 0 amide bonds. The van der Waals surface area contributed by atoms with E-state index in [1.165, 1.54) is 20.0 Å². The van der Waals surface area contributed by atoms with E-state index in [9.17, 15) is 4.79 Å². The standard InChI is InChI=1S/C14H28N2O3/c1-4-16(10-11-19-5-2)9-8-13(14(17)18-3)15-12-6-7-12/h12-13,15H,4-11H2,1-3H3. The van der Waals surface area contributed by atoms with Crippen LogP contribution in [0.1, 0.15) is 33.1 Å². The zero-order chi connectivity index (χ0) is 14.1. The summed E-state index contributed by atoms with van der Waals surface area (Å²) in [5, 5.41) is 3.36. The number of methoxy groups -OCH3 is 1. The van der Waals surface area contributed by atoms with Crippen LogP contribution in [0.25, 0.3) is 0 Å². The number of likely N-dealkylation sites (N-methyl/N-ethyl adjacent to an activating group) is 1. The Labute approximate surface area is 116 Å². The Morgan fingerprint density at radius 3 is 2.63 bits per heavy atom. The molecule has 0 aromatic carbocycles. The number of hydrogen-bond acceptors (Lipinski definition) is 5. The highest BCUT2D eigenvalue weighted by Crippen LogP contribution is 2.20. The van der Waals surface area contributed by atoms with Crippen molar-refractivity contribution in [3.63, 3.8) is 0 Å². The Kier molecular flexibility index (Phi) is 8.02. The average molecular weight is 272 g/mol. The first-order valence-corrected chi connectivity index (χ1v) is 7.35. The van der Waals surface area contributed by atoms with Crippen molar-refractivity contribution in [1.29, 1.82) is 0 Å². The Bertz CT molecular complexity index is 257. The van der Waals surface area contributed by atoms with Crippen LogP contribution in [0.3, 0.4) is 0 Å². The third kappa shape index (κ3) is 6.89. The van der Waals surface area contributed by atoms with Crippen LogP contribution in [0.4, 0.5) is 0 Å². The summed E-state index contributed by atoms with van der Waals surface area (Å²) < 4.78 is 10.2. The van der Waals surface area contributed by atoms with Gasteiger partial charge in [0, 0.05) is 25.7 Å². The second-order valence-corrected chi connectivity index (χ2v) is 4.94. The fourth-order valence-electron chi connectivity index (χ4n) is 2.02. The van der Waals surface area contributed by atoms with Gasteiger partial charge in [0.1, 0.15) is 6.04 Å². The quantitative estimate of drug-likeness (QED) is 0.450.